The summed E-state index contributed by atoms with van der Waals surface area (Å²) in [6.07, 6.45) is 2.42. The smallest absolute Gasteiger partial charge is 0.0148 e. The van der Waals surface area contributed by atoms with Gasteiger partial charge in [-0.15, -0.1) is 0 Å². The minimum atomic E-state index is 0.676. The summed E-state index contributed by atoms with van der Waals surface area (Å²) < 4.78 is 0. The molecule has 0 amide bonds. The van der Waals surface area contributed by atoms with Gasteiger partial charge in [-0.2, -0.15) is 0 Å². The second-order valence-corrected chi connectivity index (χ2v) is 4.68. The van der Waals surface area contributed by atoms with Gasteiger partial charge in [-0.3, -0.25) is 0 Å². The van der Waals surface area contributed by atoms with Crippen LogP contribution in [0.2, 0.25) is 0 Å². The molecular weight excluding hydrogens is 194 g/mol. The van der Waals surface area contributed by atoms with E-state index in [9.17, 15) is 0 Å². The first kappa shape index (κ1) is 13.2. The summed E-state index contributed by atoms with van der Waals surface area (Å²) in [6.45, 7) is 9.66. The zero-order valence-electron chi connectivity index (χ0n) is 11.1. The number of nitrogens with one attached hydrogen (secondary N) is 1. The first-order chi connectivity index (χ1) is 7.75. The van der Waals surface area contributed by atoms with Gasteiger partial charge in [0.05, 0.1) is 0 Å². The lowest BCUT2D eigenvalue weighted by atomic mass is 10.1. The van der Waals surface area contributed by atoms with Crippen LogP contribution in [0.5, 0.6) is 0 Å². The third-order valence-electron chi connectivity index (χ3n) is 2.87. The normalized spacial score (nSPS) is 14.6. The van der Waals surface area contributed by atoms with E-state index in [2.05, 4.69) is 43.4 Å². The number of hydrogen-bond acceptors (Lipinski definition) is 1. The first-order valence-electron chi connectivity index (χ1n) is 6.56. The van der Waals surface area contributed by atoms with Crippen LogP contribution in [0.4, 0.5) is 0 Å². The molecule has 1 nitrogen and oxygen atoms in total. The summed E-state index contributed by atoms with van der Waals surface area (Å²) in [7, 11) is 0. The molecule has 0 radical (unpaired) electrons. The Morgan fingerprint density at radius 1 is 1.12 bits per heavy atom. The molecule has 0 heterocycles. The zero-order valence-corrected chi connectivity index (χ0v) is 11.1. The van der Waals surface area contributed by atoms with Crippen LogP contribution in [0, 0.1) is 5.92 Å². The van der Waals surface area contributed by atoms with Gasteiger partial charge in [0, 0.05) is 6.04 Å². The van der Waals surface area contributed by atoms with Gasteiger partial charge in [-0.1, -0.05) is 52.0 Å². The molecule has 1 aliphatic carbocycles. The van der Waals surface area contributed by atoms with Crippen molar-refractivity contribution in [3.63, 3.8) is 0 Å². The van der Waals surface area contributed by atoms with Crippen molar-refractivity contribution < 1.29 is 0 Å². The number of fused-ring (bicyclic) bond motifs is 1. The summed E-state index contributed by atoms with van der Waals surface area (Å²) in [5, 5.41) is 3.63. The molecule has 0 bridgehead atoms. The fourth-order valence-corrected chi connectivity index (χ4v) is 2.11. The second kappa shape index (κ2) is 6.70. The van der Waals surface area contributed by atoms with E-state index in [0.717, 1.165) is 12.5 Å². The maximum absolute atomic E-state index is 3.63. The molecule has 0 saturated carbocycles. The Hall–Kier alpha value is -0.820. The van der Waals surface area contributed by atoms with E-state index >= 15 is 0 Å². The average Bonchev–Trinajstić information content (AvgIpc) is 2.71. The average molecular weight is 219 g/mol. The lowest BCUT2D eigenvalue weighted by molar-refractivity contribution is 0.474. The lowest BCUT2D eigenvalue weighted by Crippen LogP contribution is -2.32. The van der Waals surface area contributed by atoms with Gasteiger partial charge < -0.3 is 5.32 Å². The van der Waals surface area contributed by atoms with Crippen LogP contribution in [-0.4, -0.2) is 12.6 Å². The van der Waals surface area contributed by atoms with Crippen molar-refractivity contribution in [2.24, 2.45) is 5.92 Å². The largest absolute Gasteiger partial charge is 0.313 e. The maximum atomic E-state index is 3.63. The van der Waals surface area contributed by atoms with E-state index in [1.807, 2.05) is 13.8 Å². The van der Waals surface area contributed by atoms with E-state index in [4.69, 9.17) is 0 Å². The Balaban J connectivity index is 0.000000606. The minimum absolute atomic E-state index is 0.676. The molecule has 1 heteroatoms. The van der Waals surface area contributed by atoms with Gasteiger partial charge in [-0.05, 0) is 36.4 Å². The molecule has 90 valence electrons. The van der Waals surface area contributed by atoms with E-state index in [1.165, 1.54) is 24.0 Å². The molecule has 2 rings (SSSR count). The van der Waals surface area contributed by atoms with Gasteiger partial charge in [0.15, 0.2) is 0 Å². The first-order valence-corrected chi connectivity index (χ1v) is 6.56. The van der Waals surface area contributed by atoms with Crippen LogP contribution in [0.15, 0.2) is 24.3 Å². The highest BCUT2D eigenvalue weighted by atomic mass is 14.9. The number of hydrogen-bond donors (Lipinski definition) is 1. The quantitative estimate of drug-likeness (QED) is 0.821. The summed E-state index contributed by atoms with van der Waals surface area (Å²) in [5.41, 5.74) is 3.07. The predicted molar refractivity (Wildman–Crippen MR) is 71.8 cm³/mol. The van der Waals surface area contributed by atoms with Crippen molar-refractivity contribution in [3.8, 4) is 0 Å². The molecular formula is C15H25N. The Morgan fingerprint density at radius 3 is 2.06 bits per heavy atom. The molecule has 0 aromatic heterocycles. The molecule has 0 atom stereocenters. The standard InChI is InChI=1S/C13H19N.C2H6/c1-10(2)9-14-13-7-11-5-3-4-6-12(11)8-13;1-2/h3-6,10,13-14H,7-9H2,1-2H3;1-2H3. The topological polar surface area (TPSA) is 12.0 Å². The molecule has 1 aliphatic rings. The highest BCUT2D eigenvalue weighted by Gasteiger charge is 2.19. The van der Waals surface area contributed by atoms with Crippen LogP contribution in [0.25, 0.3) is 0 Å². The predicted octanol–water partition coefficient (Wildman–Crippen LogP) is 3.43. The molecule has 1 N–H and O–H groups in total. The fourth-order valence-electron chi connectivity index (χ4n) is 2.11. The van der Waals surface area contributed by atoms with E-state index < -0.39 is 0 Å². The zero-order chi connectivity index (χ0) is 12.0. The van der Waals surface area contributed by atoms with Crippen LogP contribution in [0.3, 0.4) is 0 Å². The molecule has 0 aliphatic heterocycles. The fraction of sp³-hybridized carbons (Fsp3) is 0.600. The number of rotatable bonds is 3. The highest BCUT2D eigenvalue weighted by Crippen LogP contribution is 2.21. The summed E-state index contributed by atoms with van der Waals surface area (Å²) >= 11 is 0. The lowest BCUT2D eigenvalue weighted by Gasteiger charge is -2.13. The molecule has 16 heavy (non-hydrogen) atoms. The minimum Gasteiger partial charge on any atom is -0.313 e. The third kappa shape index (κ3) is 3.64. The molecule has 0 spiro atoms. The van der Waals surface area contributed by atoms with Crippen molar-refractivity contribution in [2.45, 2.75) is 46.6 Å². The van der Waals surface area contributed by atoms with Crippen LogP contribution in [0.1, 0.15) is 38.8 Å². The Labute approximate surface area is 100 Å². The van der Waals surface area contributed by atoms with Crippen molar-refractivity contribution in [1.29, 1.82) is 0 Å². The van der Waals surface area contributed by atoms with Crippen LogP contribution < -0.4 is 5.32 Å². The van der Waals surface area contributed by atoms with E-state index in [1.54, 1.807) is 0 Å². The molecule has 1 aromatic carbocycles. The Morgan fingerprint density at radius 2 is 1.62 bits per heavy atom. The Bertz CT molecular complexity index is 279. The van der Waals surface area contributed by atoms with E-state index in [-0.39, 0.29) is 0 Å². The highest BCUT2D eigenvalue weighted by molar-refractivity contribution is 5.33. The third-order valence-corrected chi connectivity index (χ3v) is 2.87. The Kier molecular flexibility index (Phi) is 5.54. The van der Waals surface area contributed by atoms with Crippen molar-refractivity contribution in [1.82, 2.24) is 5.32 Å². The van der Waals surface area contributed by atoms with Gasteiger partial charge in [0.25, 0.3) is 0 Å². The molecule has 0 unspecified atom stereocenters. The number of benzene rings is 1. The summed E-state index contributed by atoms with van der Waals surface area (Å²) in [4.78, 5) is 0. The SMILES string of the molecule is CC.CC(C)CNC1Cc2ccccc2C1. The molecule has 1 aromatic rings. The van der Waals surface area contributed by atoms with Gasteiger partial charge >= 0.3 is 0 Å². The monoisotopic (exact) mass is 219 g/mol. The molecule has 0 fully saturated rings. The van der Waals surface area contributed by atoms with E-state index in [0.29, 0.717) is 6.04 Å². The van der Waals surface area contributed by atoms with Crippen molar-refractivity contribution >= 4 is 0 Å². The molecule has 0 saturated heterocycles. The van der Waals surface area contributed by atoms with Crippen LogP contribution in [-0.2, 0) is 12.8 Å². The second-order valence-electron chi connectivity index (χ2n) is 4.68. The van der Waals surface area contributed by atoms with Gasteiger partial charge in [0.2, 0.25) is 0 Å². The summed E-state index contributed by atoms with van der Waals surface area (Å²) in [6, 6.07) is 9.47. The van der Waals surface area contributed by atoms with Crippen molar-refractivity contribution in [3.05, 3.63) is 35.4 Å². The van der Waals surface area contributed by atoms with Gasteiger partial charge in [-0.25, -0.2) is 0 Å². The van der Waals surface area contributed by atoms with Crippen LogP contribution >= 0.6 is 0 Å². The van der Waals surface area contributed by atoms with Crippen molar-refractivity contribution in [2.75, 3.05) is 6.54 Å². The maximum Gasteiger partial charge on any atom is 0.0148 e. The summed E-state index contributed by atoms with van der Waals surface area (Å²) in [5.74, 6) is 0.749. The van der Waals surface area contributed by atoms with Gasteiger partial charge in [0.1, 0.15) is 0 Å².